The highest BCUT2D eigenvalue weighted by atomic mass is 19.1. The summed E-state index contributed by atoms with van der Waals surface area (Å²) in [6, 6.07) is 11.2. The van der Waals surface area contributed by atoms with Crippen LogP contribution in [0.2, 0.25) is 0 Å². The molecule has 2 aliphatic rings. The predicted molar refractivity (Wildman–Crippen MR) is 115 cm³/mol. The minimum atomic E-state index is -1.12. The lowest BCUT2D eigenvalue weighted by molar-refractivity contribution is -0.124. The molecule has 2 aromatic rings. The number of carbonyl (C=O) groups excluding carboxylic acids is 3. The van der Waals surface area contributed by atoms with Crippen LogP contribution in [0.3, 0.4) is 0 Å². The lowest BCUT2D eigenvalue weighted by Gasteiger charge is -2.26. The first-order valence-corrected chi connectivity index (χ1v) is 10.4. The summed E-state index contributed by atoms with van der Waals surface area (Å²) in [7, 11) is 0. The molecule has 6 nitrogen and oxygen atoms in total. The molecule has 0 spiro atoms. The largest absolute Gasteiger partial charge is 0.349 e. The Balaban J connectivity index is 1.59. The van der Waals surface area contributed by atoms with E-state index in [0.29, 0.717) is 11.1 Å². The van der Waals surface area contributed by atoms with Crippen molar-refractivity contribution < 1.29 is 18.8 Å². The Bertz CT molecular complexity index is 1050. The van der Waals surface area contributed by atoms with E-state index in [4.69, 9.17) is 0 Å². The van der Waals surface area contributed by atoms with Crippen LogP contribution in [0.1, 0.15) is 49.5 Å². The molecule has 1 aliphatic carbocycles. The molecule has 2 aromatic carbocycles. The summed E-state index contributed by atoms with van der Waals surface area (Å²) in [6.45, 7) is 6.30. The number of nitrogens with one attached hydrogen (secondary N) is 3. The molecule has 0 radical (unpaired) electrons. The average Bonchev–Trinajstić information content (AvgIpc) is 3.51. The minimum absolute atomic E-state index is 0.00289. The highest BCUT2D eigenvalue weighted by Gasteiger charge is 2.56. The highest BCUT2D eigenvalue weighted by molar-refractivity contribution is 6.08. The van der Waals surface area contributed by atoms with Gasteiger partial charge in [-0.15, -0.1) is 0 Å². The summed E-state index contributed by atoms with van der Waals surface area (Å²) in [4.78, 5) is 37.1. The first kappa shape index (κ1) is 21.0. The van der Waals surface area contributed by atoms with Crippen molar-refractivity contribution in [3.8, 4) is 11.1 Å². The summed E-state index contributed by atoms with van der Waals surface area (Å²) >= 11 is 0. The zero-order valence-electron chi connectivity index (χ0n) is 17.8. The molecule has 0 bridgehead atoms. The maximum atomic E-state index is 14.0. The number of imide groups is 1. The van der Waals surface area contributed by atoms with Crippen LogP contribution in [-0.2, 0) is 10.2 Å². The minimum Gasteiger partial charge on any atom is -0.349 e. The quantitative estimate of drug-likeness (QED) is 0.643. The average molecular weight is 423 g/mol. The molecule has 7 heteroatoms. The van der Waals surface area contributed by atoms with Crippen molar-refractivity contribution in [2.45, 2.75) is 44.6 Å². The van der Waals surface area contributed by atoms with Crippen molar-refractivity contribution in [2.24, 2.45) is 5.92 Å². The third-order valence-corrected chi connectivity index (χ3v) is 6.06. The van der Waals surface area contributed by atoms with Gasteiger partial charge in [0.25, 0.3) is 11.8 Å². The van der Waals surface area contributed by atoms with E-state index in [0.717, 1.165) is 24.0 Å². The monoisotopic (exact) mass is 423 g/mol. The van der Waals surface area contributed by atoms with Gasteiger partial charge in [-0.05, 0) is 59.1 Å². The van der Waals surface area contributed by atoms with E-state index in [1.54, 1.807) is 0 Å². The van der Waals surface area contributed by atoms with E-state index < -0.39 is 29.2 Å². The van der Waals surface area contributed by atoms with Crippen molar-refractivity contribution >= 4 is 17.8 Å². The van der Waals surface area contributed by atoms with Gasteiger partial charge in [0.05, 0.1) is 6.54 Å². The van der Waals surface area contributed by atoms with Gasteiger partial charge >= 0.3 is 6.03 Å². The molecular formula is C24H26FN3O3. The second kappa shape index (κ2) is 7.48. The molecule has 4 rings (SSSR count). The van der Waals surface area contributed by atoms with Gasteiger partial charge in [-0.1, -0.05) is 45.0 Å². The van der Waals surface area contributed by atoms with Crippen molar-refractivity contribution in [3.63, 3.8) is 0 Å². The Morgan fingerprint density at radius 3 is 2.35 bits per heavy atom. The maximum Gasteiger partial charge on any atom is 0.322 e. The summed E-state index contributed by atoms with van der Waals surface area (Å²) < 4.78 is 14.0. The third-order valence-electron chi connectivity index (χ3n) is 6.06. The normalized spacial score (nSPS) is 20.9. The first-order valence-electron chi connectivity index (χ1n) is 10.4. The lowest BCUT2D eigenvalue weighted by atomic mass is 9.86. The smallest absolute Gasteiger partial charge is 0.322 e. The van der Waals surface area contributed by atoms with Crippen LogP contribution in [0.25, 0.3) is 11.1 Å². The number of hydrogen-bond donors (Lipinski definition) is 3. The van der Waals surface area contributed by atoms with E-state index in [1.807, 2.05) is 24.3 Å². The van der Waals surface area contributed by atoms with Gasteiger partial charge in [0.15, 0.2) is 0 Å². The number of urea groups is 1. The van der Waals surface area contributed by atoms with Crippen LogP contribution in [0.15, 0.2) is 42.5 Å². The standard InChI is InChI=1S/C24H26FN3O3/c1-23(2,3)15-6-4-14(5-7-15)19-12-17(25)10-11-18(19)20(29)26-13-24(16-8-9-16)21(30)27-22(31)28-24/h4-7,10-12,16H,8-9,13H2,1-3H3,(H,26,29)(H2,27,28,30,31)/t24-/m0/s1. The van der Waals surface area contributed by atoms with Crippen molar-refractivity contribution in [2.75, 3.05) is 6.54 Å². The van der Waals surface area contributed by atoms with Gasteiger partial charge in [-0.25, -0.2) is 9.18 Å². The van der Waals surface area contributed by atoms with Crippen LogP contribution in [0.4, 0.5) is 9.18 Å². The van der Waals surface area contributed by atoms with Crippen LogP contribution < -0.4 is 16.0 Å². The van der Waals surface area contributed by atoms with Crippen LogP contribution >= 0.6 is 0 Å². The van der Waals surface area contributed by atoms with Crippen LogP contribution in [-0.4, -0.2) is 29.9 Å². The predicted octanol–water partition coefficient (Wildman–Crippen LogP) is 3.51. The summed E-state index contributed by atoms with van der Waals surface area (Å²) in [5.41, 5.74) is 1.49. The fourth-order valence-electron chi connectivity index (χ4n) is 4.06. The first-order chi connectivity index (χ1) is 14.6. The van der Waals surface area contributed by atoms with Gasteiger partial charge < -0.3 is 10.6 Å². The number of rotatable bonds is 5. The molecule has 1 atom stereocenters. The zero-order chi connectivity index (χ0) is 22.4. The molecule has 3 N–H and O–H groups in total. The zero-order valence-corrected chi connectivity index (χ0v) is 17.8. The Hall–Kier alpha value is -3.22. The van der Waals surface area contributed by atoms with Crippen molar-refractivity contribution in [3.05, 3.63) is 59.4 Å². The van der Waals surface area contributed by atoms with E-state index in [9.17, 15) is 18.8 Å². The topological polar surface area (TPSA) is 87.3 Å². The van der Waals surface area contributed by atoms with Gasteiger partial charge in [0.1, 0.15) is 11.4 Å². The number of carbonyl (C=O) groups is 3. The van der Waals surface area contributed by atoms with E-state index in [1.165, 1.54) is 18.2 Å². The number of benzene rings is 2. The van der Waals surface area contributed by atoms with Gasteiger partial charge in [-0.3, -0.25) is 14.9 Å². The molecule has 31 heavy (non-hydrogen) atoms. The van der Waals surface area contributed by atoms with Crippen molar-refractivity contribution in [1.82, 2.24) is 16.0 Å². The molecule has 0 aromatic heterocycles. The number of amides is 4. The molecule has 1 saturated carbocycles. The van der Waals surface area contributed by atoms with E-state index in [2.05, 4.69) is 36.7 Å². The fraction of sp³-hybridized carbons (Fsp3) is 0.375. The fourth-order valence-corrected chi connectivity index (χ4v) is 4.06. The van der Waals surface area contributed by atoms with Crippen LogP contribution in [0.5, 0.6) is 0 Å². The molecule has 4 amide bonds. The Morgan fingerprint density at radius 2 is 1.81 bits per heavy atom. The summed E-state index contributed by atoms with van der Waals surface area (Å²) in [5, 5.41) is 7.73. The van der Waals surface area contributed by atoms with E-state index in [-0.39, 0.29) is 17.9 Å². The van der Waals surface area contributed by atoms with Crippen molar-refractivity contribution in [1.29, 1.82) is 0 Å². The third kappa shape index (κ3) is 4.04. The molecule has 1 aliphatic heterocycles. The van der Waals surface area contributed by atoms with Gasteiger partial charge in [0, 0.05) is 5.56 Å². The molecule has 1 heterocycles. The van der Waals surface area contributed by atoms with E-state index >= 15 is 0 Å². The number of hydrogen-bond acceptors (Lipinski definition) is 3. The van der Waals surface area contributed by atoms with Gasteiger partial charge in [-0.2, -0.15) is 0 Å². The molecule has 2 fully saturated rings. The van der Waals surface area contributed by atoms with Crippen LogP contribution in [0, 0.1) is 11.7 Å². The highest BCUT2D eigenvalue weighted by Crippen LogP contribution is 2.41. The Kier molecular flexibility index (Phi) is 5.07. The lowest BCUT2D eigenvalue weighted by Crippen LogP contribution is -2.57. The second-order valence-electron chi connectivity index (χ2n) is 9.35. The molecule has 0 unspecified atom stereocenters. The summed E-state index contributed by atoms with van der Waals surface area (Å²) in [5.74, 6) is -1.29. The van der Waals surface area contributed by atoms with Gasteiger partial charge in [0.2, 0.25) is 0 Å². The summed E-state index contributed by atoms with van der Waals surface area (Å²) in [6.07, 6.45) is 1.62. The SMILES string of the molecule is CC(C)(C)c1ccc(-c2cc(F)ccc2C(=O)NC[C@@]2(C3CC3)NC(=O)NC2=O)cc1. The number of halogens is 1. The molecule has 1 saturated heterocycles. The maximum absolute atomic E-state index is 14.0. The Morgan fingerprint density at radius 1 is 1.13 bits per heavy atom. The molecule has 162 valence electrons. The Labute approximate surface area is 180 Å². The second-order valence-corrected chi connectivity index (χ2v) is 9.35. The molecular weight excluding hydrogens is 397 g/mol.